The van der Waals surface area contributed by atoms with Crippen molar-refractivity contribution in [3.05, 3.63) is 29.7 Å². The predicted octanol–water partition coefficient (Wildman–Crippen LogP) is 2.32. The summed E-state index contributed by atoms with van der Waals surface area (Å²) in [5.74, 6) is 0.731. The average Bonchev–Trinajstić information content (AvgIpc) is 3.09. The number of fused-ring (bicyclic) bond motifs is 1. The van der Waals surface area contributed by atoms with E-state index in [-0.39, 0.29) is 0 Å². The number of likely N-dealkylation sites (N-methyl/N-ethyl adjacent to an activating group) is 1. The maximum Gasteiger partial charge on any atom is 0.192 e. The minimum Gasteiger partial charge on any atom is -0.441 e. The van der Waals surface area contributed by atoms with Gasteiger partial charge in [0.15, 0.2) is 11.5 Å². The van der Waals surface area contributed by atoms with Gasteiger partial charge in [-0.2, -0.15) is 0 Å². The van der Waals surface area contributed by atoms with E-state index in [0.717, 1.165) is 42.7 Å². The van der Waals surface area contributed by atoms with E-state index in [1.54, 1.807) is 0 Å². The van der Waals surface area contributed by atoms with E-state index in [0.29, 0.717) is 0 Å². The lowest BCUT2D eigenvalue weighted by molar-refractivity contribution is 0.324. The fourth-order valence-electron chi connectivity index (χ4n) is 2.32. The lowest BCUT2D eigenvalue weighted by Crippen LogP contribution is -2.30. The normalized spacial score (nSPS) is 15.5. The number of benzene rings is 1. The van der Waals surface area contributed by atoms with Crippen LogP contribution in [0.5, 0.6) is 0 Å². The van der Waals surface area contributed by atoms with Crippen molar-refractivity contribution in [1.82, 2.24) is 15.2 Å². The zero-order chi connectivity index (χ0) is 13.2. The molecule has 19 heavy (non-hydrogen) atoms. The standard InChI is InChI=1S/C15H21N3O/c1-11-17-14-9-12(3-6-15(14)19-11)10-18(2)8-7-16-13-4-5-13/h3,6,9,13,16H,4-5,7-8,10H2,1-2H3. The van der Waals surface area contributed by atoms with Gasteiger partial charge in [0.05, 0.1) is 0 Å². The molecule has 0 atom stereocenters. The molecule has 1 aliphatic carbocycles. The highest BCUT2D eigenvalue weighted by atomic mass is 16.3. The summed E-state index contributed by atoms with van der Waals surface area (Å²) in [4.78, 5) is 6.71. The third kappa shape index (κ3) is 3.33. The van der Waals surface area contributed by atoms with E-state index in [4.69, 9.17) is 4.42 Å². The Kier molecular flexibility index (Phi) is 3.53. The van der Waals surface area contributed by atoms with Crippen molar-refractivity contribution in [1.29, 1.82) is 0 Å². The molecule has 1 aliphatic rings. The molecule has 1 aromatic heterocycles. The Labute approximate surface area is 113 Å². The highest BCUT2D eigenvalue weighted by Crippen LogP contribution is 2.19. The Hall–Kier alpha value is -1.39. The number of hydrogen-bond donors (Lipinski definition) is 1. The number of aryl methyl sites for hydroxylation is 1. The molecule has 0 saturated heterocycles. The Morgan fingerprint density at radius 3 is 3.05 bits per heavy atom. The molecule has 102 valence electrons. The number of nitrogens with zero attached hydrogens (tertiary/aromatic N) is 2. The number of aromatic nitrogens is 1. The van der Waals surface area contributed by atoms with Gasteiger partial charge >= 0.3 is 0 Å². The van der Waals surface area contributed by atoms with Gasteiger partial charge in [0, 0.05) is 32.6 Å². The summed E-state index contributed by atoms with van der Waals surface area (Å²) in [7, 11) is 2.16. The summed E-state index contributed by atoms with van der Waals surface area (Å²) in [6.07, 6.45) is 2.71. The molecule has 0 radical (unpaired) electrons. The summed E-state index contributed by atoms with van der Waals surface area (Å²) < 4.78 is 5.49. The maximum absolute atomic E-state index is 5.49. The maximum atomic E-state index is 5.49. The van der Waals surface area contributed by atoms with Gasteiger partial charge in [-0.15, -0.1) is 0 Å². The molecule has 1 aromatic carbocycles. The van der Waals surface area contributed by atoms with Crippen molar-refractivity contribution in [3.8, 4) is 0 Å². The van der Waals surface area contributed by atoms with Crippen molar-refractivity contribution < 1.29 is 4.42 Å². The van der Waals surface area contributed by atoms with Gasteiger partial charge in [-0.1, -0.05) is 6.07 Å². The second kappa shape index (κ2) is 5.31. The zero-order valence-corrected chi connectivity index (χ0v) is 11.6. The Bertz CT molecular complexity index is 560. The number of rotatable bonds is 6. The molecular formula is C15H21N3O. The van der Waals surface area contributed by atoms with Crippen LogP contribution in [-0.4, -0.2) is 36.1 Å². The molecule has 1 saturated carbocycles. The first-order valence-corrected chi connectivity index (χ1v) is 6.99. The highest BCUT2D eigenvalue weighted by Gasteiger charge is 2.19. The molecule has 0 spiro atoms. The summed E-state index contributed by atoms with van der Waals surface area (Å²) >= 11 is 0. The van der Waals surface area contributed by atoms with Crippen LogP contribution in [0.1, 0.15) is 24.3 Å². The molecule has 1 heterocycles. The summed E-state index contributed by atoms with van der Waals surface area (Å²) in [5.41, 5.74) is 3.12. The van der Waals surface area contributed by atoms with Gasteiger partial charge in [0.2, 0.25) is 0 Å². The van der Waals surface area contributed by atoms with Crippen LogP contribution in [0, 0.1) is 6.92 Å². The molecule has 0 unspecified atom stereocenters. The van der Waals surface area contributed by atoms with Crippen LogP contribution in [0.3, 0.4) is 0 Å². The third-order valence-electron chi connectivity index (χ3n) is 3.52. The molecule has 0 aliphatic heterocycles. The largest absolute Gasteiger partial charge is 0.441 e. The first-order chi connectivity index (χ1) is 9.20. The van der Waals surface area contributed by atoms with E-state index in [9.17, 15) is 0 Å². The molecule has 0 bridgehead atoms. The Balaban J connectivity index is 1.56. The van der Waals surface area contributed by atoms with Crippen LogP contribution in [0.15, 0.2) is 22.6 Å². The van der Waals surface area contributed by atoms with Gasteiger partial charge in [-0.25, -0.2) is 4.98 Å². The Morgan fingerprint density at radius 1 is 1.42 bits per heavy atom. The number of nitrogens with one attached hydrogen (secondary N) is 1. The minimum absolute atomic E-state index is 0.731. The number of oxazole rings is 1. The zero-order valence-electron chi connectivity index (χ0n) is 11.6. The van der Waals surface area contributed by atoms with Crippen LogP contribution in [0.2, 0.25) is 0 Å². The predicted molar refractivity (Wildman–Crippen MR) is 76.1 cm³/mol. The van der Waals surface area contributed by atoms with Gasteiger partial charge < -0.3 is 14.6 Å². The molecule has 0 amide bonds. The molecule has 1 fully saturated rings. The fraction of sp³-hybridized carbons (Fsp3) is 0.533. The summed E-state index contributed by atoms with van der Waals surface area (Å²) in [6, 6.07) is 7.05. The molecule has 1 N–H and O–H groups in total. The first kappa shape index (κ1) is 12.6. The third-order valence-corrected chi connectivity index (χ3v) is 3.52. The fourth-order valence-corrected chi connectivity index (χ4v) is 2.32. The van der Waals surface area contributed by atoms with Crippen molar-refractivity contribution in [3.63, 3.8) is 0 Å². The van der Waals surface area contributed by atoms with Crippen LogP contribution in [0.4, 0.5) is 0 Å². The summed E-state index contributed by atoms with van der Waals surface area (Å²) in [6.45, 7) is 4.99. The van der Waals surface area contributed by atoms with Gasteiger partial charge in [-0.05, 0) is 37.6 Å². The van der Waals surface area contributed by atoms with E-state index < -0.39 is 0 Å². The van der Waals surface area contributed by atoms with Crippen LogP contribution >= 0.6 is 0 Å². The summed E-state index contributed by atoms with van der Waals surface area (Å²) in [5, 5.41) is 3.54. The van der Waals surface area contributed by atoms with Gasteiger partial charge in [0.1, 0.15) is 5.52 Å². The molecular weight excluding hydrogens is 238 g/mol. The van der Waals surface area contributed by atoms with Gasteiger partial charge in [0.25, 0.3) is 0 Å². The average molecular weight is 259 g/mol. The van der Waals surface area contributed by atoms with Crippen LogP contribution in [0.25, 0.3) is 11.1 Å². The first-order valence-electron chi connectivity index (χ1n) is 6.99. The second-order valence-electron chi connectivity index (χ2n) is 5.50. The lowest BCUT2D eigenvalue weighted by Gasteiger charge is -2.16. The van der Waals surface area contributed by atoms with Crippen molar-refractivity contribution >= 4 is 11.1 Å². The Morgan fingerprint density at radius 2 is 2.26 bits per heavy atom. The topological polar surface area (TPSA) is 41.3 Å². The quantitative estimate of drug-likeness (QED) is 0.864. The highest BCUT2D eigenvalue weighted by molar-refractivity contribution is 5.73. The monoisotopic (exact) mass is 259 g/mol. The van der Waals surface area contributed by atoms with Gasteiger partial charge in [-0.3, -0.25) is 0 Å². The second-order valence-corrected chi connectivity index (χ2v) is 5.50. The minimum atomic E-state index is 0.731. The van der Waals surface area contributed by atoms with Crippen molar-refractivity contribution in [2.45, 2.75) is 32.4 Å². The van der Waals surface area contributed by atoms with Crippen LogP contribution < -0.4 is 5.32 Å². The van der Waals surface area contributed by atoms with Crippen molar-refractivity contribution in [2.24, 2.45) is 0 Å². The van der Waals surface area contributed by atoms with Crippen LogP contribution in [-0.2, 0) is 6.54 Å². The van der Waals surface area contributed by atoms with E-state index in [1.165, 1.54) is 18.4 Å². The lowest BCUT2D eigenvalue weighted by atomic mass is 10.2. The van der Waals surface area contributed by atoms with E-state index in [1.807, 2.05) is 13.0 Å². The smallest absolute Gasteiger partial charge is 0.192 e. The van der Waals surface area contributed by atoms with E-state index in [2.05, 4.69) is 34.4 Å². The molecule has 2 aromatic rings. The number of hydrogen-bond acceptors (Lipinski definition) is 4. The molecule has 4 heteroatoms. The molecule has 3 rings (SSSR count). The molecule has 4 nitrogen and oxygen atoms in total. The SMILES string of the molecule is Cc1nc2cc(CN(C)CCNC3CC3)ccc2o1. The van der Waals surface area contributed by atoms with Crippen molar-refractivity contribution in [2.75, 3.05) is 20.1 Å². The van der Waals surface area contributed by atoms with E-state index >= 15 is 0 Å².